The van der Waals surface area contributed by atoms with Crippen LogP contribution in [0.2, 0.25) is 0 Å². The number of anilines is 4. The number of piperidine rings is 1. The lowest BCUT2D eigenvalue weighted by atomic mass is 10.0. The molecule has 7 heteroatoms. The van der Waals surface area contributed by atoms with Crippen LogP contribution < -0.4 is 24.3 Å². The van der Waals surface area contributed by atoms with E-state index < -0.39 is 0 Å². The fourth-order valence-electron chi connectivity index (χ4n) is 10.8. The molecule has 2 saturated heterocycles. The first-order chi connectivity index (χ1) is 43.8. The number of para-hydroxylation sites is 5. The zero-order valence-corrected chi connectivity index (χ0v) is 66.6. The summed E-state index contributed by atoms with van der Waals surface area (Å²) in [4.78, 5) is 15.0. The average Bonchev–Trinajstić information content (AvgIpc) is 1.67. The zero-order chi connectivity index (χ0) is 70.4. The number of rotatable bonds is 6. The smallest absolute Gasteiger partial charge is 0.142 e. The second-order valence-electron chi connectivity index (χ2n) is 22.0. The molecule has 0 radical (unpaired) electrons. The lowest BCUT2D eigenvalue weighted by Crippen LogP contribution is -2.35. The van der Waals surface area contributed by atoms with E-state index in [0.717, 1.165) is 37.4 Å². The number of aryl methyl sites for hydroxylation is 2. The van der Waals surface area contributed by atoms with Gasteiger partial charge >= 0.3 is 0 Å². The third-order valence-electron chi connectivity index (χ3n) is 14.9. The topological polar surface area (TPSA) is 28.7 Å². The van der Waals surface area contributed by atoms with Crippen molar-refractivity contribution < 1.29 is 4.74 Å². The number of likely N-dealkylation sites (tertiary alicyclic amines) is 2. The van der Waals surface area contributed by atoms with Gasteiger partial charge in [-0.1, -0.05) is 212 Å². The molecular weight excluding hydrogens is 1100 g/mol. The number of nitrogens with zero attached hydrogens (tertiary/aromatic N) is 6. The van der Waals surface area contributed by atoms with Crippen LogP contribution in [0.5, 0.6) is 5.75 Å². The Hall–Kier alpha value is -4.20. The van der Waals surface area contributed by atoms with E-state index in [1.54, 1.807) is 0 Å². The van der Waals surface area contributed by atoms with Crippen molar-refractivity contribution in [2.45, 2.75) is 335 Å². The molecule has 0 aliphatic carbocycles. The minimum Gasteiger partial charge on any atom is -0.491 e. The summed E-state index contributed by atoms with van der Waals surface area (Å²) >= 11 is 0. The van der Waals surface area contributed by atoms with E-state index >= 15 is 0 Å². The van der Waals surface area contributed by atoms with Gasteiger partial charge in [0.2, 0.25) is 0 Å². The second-order valence-corrected chi connectivity index (χ2v) is 22.0. The van der Waals surface area contributed by atoms with Crippen LogP contribution in [0.3, 0.4) is 0 Å². The van der Waals surface area contributed by atoms with Crippen LogP contribution in [0.4, 0.5) is 22.7 Å². The molecule has 2 fully saturated rings. The quantitative estimate of drug-likeness (QED) is 0.190. The first-order valence-corrected chi connectivity index (χ1v) is 38.3. The van der Waals surface area contributed by atoms with Gasteiger partial charge in [-0.25, -0.2) is 0 Å². The fourth-order valence-corrected chi connectivity index (χ4v) is 10.8. The van der Waals surface area contributed by atoms with Crippen LogP contribution in [0, 0.1) is 0 Å². The largest absolute Gasteiger partial charge is 0.491 e. The molecule has 0 amide bonds. The van der Waals surface area contributed by atoms with Gasteiger partial charge in [0.05, 0.1) is 12.3 Å². The molecule has 0 bridgehead atoms. The molecule has 7 nitrogen and oxygen atoms in total. The molecule has 0 aromatic heterocycles. The molecule has 6 aliphatic heterocycles. The lowest BCUT2D eigenvalue weighted by molar-refractivity contribution is 0.185. The summed E-state index contributed by atoms with van der Waals surface area (Å²) in [6, 6.07) is 38.6. The van der Waals surface area contributed by atoms with Crippen LogP contribution in [0.15, 0.2) is 97.1 Å². The molecule has 10 rings (SSSR count). The predicted octanol–water partition coefficient (Wildman–Crippen LogP) is 24.9. The number of hydrogen-bond acceptors (Lipinski definition) is 7. The van der Waals surface area contributed by atoms with E-state index in [0.29, 0.717) is 24.2 Å². The summed E-state index contributed by atoms with van der Waals surface area (Å²) in [6.07, 6.45) is 15.9. The van der Waals surface area contributed by atoms with E-state index in [4.69, 9.17) is 4.74 Å². The maximum atomic E-state index is 5.69. The highest BCUT2D eigenvalue weighted by atomic mass is 16.5. The Kier molecular flexibility index (Phi) is 72.9. The average molecular weight is 1260 g/mol. The van der Waals surface area contributed by atoms with Crippen molar-refractivity contribution in [1.82, 2.24) is 9.80 Å². The molecular formula is C83H160N6O. The number of hydrogen-bond donors (Lipinski definition) is 0. The van der Waals surface area contributed by atoms with Crippen molar-refractivity contribution >= 4 is 22.7 Å². The summed E-state index contributed by atoms with van der Waals surface area (Å²) in [6.45, 7) is 78.0. The Morgan fingerprint density at radius 1 is 0.244 bits per heavy atom. The van der Waals surface area contributed by atoms with Gasteiger partial charge in [-0.3, -0.25) is 0 Å². The molecule has 6 heterocycles. The van der Waals surface area contributed by atoms with E-state index in [-0.39, 0.29) is 0 Å². The third kappa shape index (κ3) is 40.0. The Morgan fingerprint density at radius 3 is 0.867 bits per heavy atom. The molecule has 0 unspecified atom stereocenters. The summed E-state index contributed by atoms with van der Waals surface area (Å²) in [5.74, 6) is 1.03. The predicted molar refractivity (Wildman–Crippen MR) is 421 cm³/mol. The first-order valence-electron chi connectivity index (χ1n) is 38.3. The molecule has 6 aliphatic rings. The van der Waals surface area contributed by atoms with E-state index in [1.165, 1.54) is 156 Å². The van der Waals surface area contributed by atoms with Crippen molar-refractivity contribution in [3.05, 3.63) is 114 Å². The third-order valence-corrected chi connectivity index (χ3v) is 14.9. The SMILES string of the molecule is CC.CC.CC.CC.CC.CC.CC.CC.CC.CC.CC(C)N1CCCC1.CC(C)N1CCCCC1.CC(C)N1CCCCc2ccccc21.CC(C)N1CCCOc2ccccc21.CC(C)N1CCCc2ccccc21.CC(C)N1CCc2ccccc21. The van der Waals surface area contributed by atoms with Crippen molar-refractivity contribution in [1.29, 1.82) is 0 Å². The Balaban J connectivity index is -0.000000224. The maximum absolute atomic E-state index is 5.69. The van der Waals surface area contributed by atoms with Crippen LogP contribution >= 0.6 is 0 Å². The fraction of sp³-hybridized carbons (Fsp3) is 0.711. The lowest BCUT2D eigenvalue weighted by Gasteiger charge is -2.34. The standard InChI is InChI=1S/C13H19N.C12H17NO.C12H17N.C11H15N.C8H17N.C7H15N.10C2H6/c1-11(2)14-10-6-5-8-12-7-3-4-9-13(12)14;1-10(2)13-8-5-9-14-12-7-4-3-6-11(12)13;1-10(2)13-9-5-7-11-6-3-4-8-12(11)13;1-9(2)12-8-7-10-5-3-4-6-11(10)12;1-8(2)9-6-4-3-5-7-9;1-7(2)8-5-3-4-6-8;10*1-2/h3-4,7,9,11H,5-6,8,10H2,1-2H3;3-4,6-7,10H,5,8-9H2,1-2H3;3-4,6,8,10H,5,7,9H2,1-2H3;3-6,9H,7-8H2,1-2H3;8H,3-7H2,1-2H3;7H,3-6H2,1-2H3;10*1-2H3. The highest BCUT2D eigenvalue weighted by Gasteiger charge is 2.22. The van der Waals surface area contributed by atoms with Crippen molar-refractivity contribution in [3.63, 3.8) is 0 Å². The second kappa shape index (κ2) is 67.7. The molecule has 90 heavy (non-hydrogen) atoms. The molecule has 528 valence electrons. The van der Waals surface area contributed by atoms with Gasteiger partial charge in [-0.15, -0.1) is 0 Å². The minimum atomic E-state index is 0.540. The molecule has 0 saturated carbocycles. The summed E-state index contributed by atoms with van der Waals surface area (Å²) in [7, 11) is 0. The molecule has 0 spiro atoms. The van der Waals surface area contributed by atoms with Gasteiger partial charge in [-0.2, -0.15) is 0 Å². The van der Waals surface area contributed by atoms with Crippen molar-refractivity contribution in [2.75, 3.05) is 78.6 Å². The summed E-state index contributed by atoms with van der Waals surface area (Å²) < 4.78 is 5.69. The molecule has 0 atom stereocenters. The van der Waals surface area contributed by atoms with Gasteiger partial charge < -0.3 is 34.1 Å². The van der Waals surface area contributed by atoms with Gasteiger partial charge in [0, 0.05) is 79.5 Å². The monoisotopic (exact) mass is 1260 g/mol. The highest BCUT2D eigenvalue weighted by molar-refractivity contribution is 5.60. The molecule has 0 N–H and O–H groups in total. The number of ether oxygens (including phenoxy) is 1. The van der Waals surface area contributed by atoms with Crippen LogP contribution in [-0.4, -0.2) is 105 Å². The van der Waals surface area contributed by atoms with E-state index in [1.807, 2.05) is 145 Å². The molecule has 4 aromatic rings. The van der Waals surface area contributed by atoms with Gasteiger partial charge in [-0.05, 0) is 227 Å². The van der Waals surface area contributed by atoms with Crippen molar-refractivity contribution in [2.24, 2.45) is 0 Å². The van der Waals surface area contributed by atoms with Crippen LogP contribution in [-0.2, 0) is 19.3 Å². The van der Waals surface area contributed by atoms with Crippen molar-refractivity contribution in [3.8, 4) is 5.75 Å². The van der Waals surface area contributed by atoms with Crippen LogP contribution in [0.25, 0.3) is 0 Å². The van der Waals surface area contributed by atoms with E-state index in [9.17, 15) is 0 Å². The summed E-state index contributed by atoms with van der Waals surface area (Å²) in [5.41, 5.74) is 10.1. The first kappa shape index (κ1) is 96.9. The normalized spacial score (nSPS) is 14.5. The number of fused-ring (bicyclic) bond motifs is 4. The van der Waals surface area contributed by atoms with E-state index in [2.05, 4.69) is 203 Å². The van der Waals surface area contributed by atoms with Gasteiger partial charge in [0.15, 0.2) is 0 Å². The Bertz CT molecular complexity index is 1970. The number of benzene rings is 4. The maximum Gasteiger partial charge on any atom is 0.142 e. The zero-order valence-electron chi connectivity index (χ0n) is 66.6. The highest BCUT2D eigenvalue weighted by Crippen LogP contribution is 2.33. The van der Waals surface area contributed by atoms with Crippen LogP contribution in [0.1, 0.15) is 296 Å². The molecule has 4 aromatic carbocycles. The van der Waals surface area contributed by atoms with Gasteiger partial charge in [0.1, 0.15) is 5.75 Å². The minimum absolute atomic E-state index is 0.540. The Labute approximate surface area is 567 Å². The Morgan fingerprint density at radius 2 is 0.511 bits per heavy atom. The van der Waals surface area contributed by atoms with Gasteiger partial charge in [0.25, 0.3) is 0 Å². The summed E-state index contributed by atoms with van der Waals surface area (Å²) in [5, 5.41) is 0.